The van der Waals surface area contributed by atoms with Crippen molar-refractivity contribution in [2.45, 2.75) is 43.4 Å². The van der Waals surface area contributed by atoms with E-state index in [9.17, 15) is 14.4 Å². The molecule has 0 spiro atoms. The fourth-order valence-electron chi connectivity index (χ4n) is 3.02. The van der Waals surface area contributed by atoms with Crippen molar-refractivity contribution in [3.8, 4) is 6.07 Å². The number of aryl methyl sites for hydroxylation is 1. The molecule has 3 rings (SSSR count). The van der Waals surface area contributed by atoms with Gasteiger partial charge in [-0.3, -0.25) is 4.79 Å². The Kier molecular flexibility index (Phi) is 5.58. The molecular formula is C20H20FN3OS. The summed E-state index contributed by atoms with van der Waals surface area (Å²) in [5, 5.41) is 12.1. The molecule has 1 amide bonds. The number of para-hydroxylation sites is 1. The van der Waals surface area contributed by atoms with Crippen molar-refractivity contribution in [2.75, 3.05) is 5.32 Å². The second-order valence-corrected chi connectivity index (χ2v) is 7.97. The number of thioether (sulfide) groups is 1. The molecule has 134 valence electrons. The third-order valence-corrected chi connectivity index (χ3v) is 5.61. The van der Waals surface area contributed by atoms with Crippen LogP contribution in [0.2, 0.25) is 0 Å². The number of aromatic nitrogens is 1. The zero-order valence-corrected chi connectivity index (χ0v) is 15.6. The molecule has 6 heteroatoms. The molecule has 1 aromatic carbocycles. The molecule has 4 nitrogen and oxygen atoms in total. The number of amides is 1. The molecule has 1 aliphatic carbocycles. The topological polar surface area (TPSA) is 65.8 Å². The average Bonchev–Trinajstić information content (AvgIpc) is 2.63. The van der Waals surface area contributed by atoms with Gasteiger partial charge in [0.1, 0.15) is 16.9 Å². The molecule has 1 aliphatic rings. The van der Waals surface area contributed by atoms with E-state index in [0.717, 1.165) is 30.5 Å². The van der Waals surface area contributed by atoms with Crippen LogP contribution in [0.5, 0.6) is 0 Å². The van der Waals surface area contributed by atoms with Crippen molar-refractivity contribution in [1.29, 1.82) is 5.26 Å². The molecule has 26 heavy (non-hydrogen) atoms. The molecule has 0 aliphatic heterocycles. The lowest BCUT2D eigenvalue weighted by molar-refractivity contribution is -0.115. The van der Waals surface area contributed by atoms with Gasteiger partial charge in [-0.1, -0.05) is 30.8 Å². The quantitative estimate of drug-likeness (QED) is 0.815. The van der Waals surface area contributed by atoms with Crippen LogP contribution in [0.3, 0.4) is 0 Å². The first-order valence-corrected chi connectivity index (χ1v) is 9.51. The third kappa shape index (κ3) is 4.05. The summed E-state index contributed by atoms with van der Waals surface area (Å²) in [4.78, 5) is 17.0. The highest BCUT2D eigenvalue weighted by atomic mass is 32.2. The van der Waals surface area contributed by atoms with E-state index in [2.05, 4.69) is 23.3 Å². The largest absolute Gasteiger partial charge is 0.323 e. The van der Waals surface area contributed by atoms with E-state index in [-0.39, 0.29) is 11.6 Å². The van der Waals surface area contributed by atoms with Crippen molar-refractivity contribution in [1.82, 2.24) is 4.98 Å². The number of halogens is 1. The van der Waals surface area contributed by atoms with Gasteiger partial charge in [-0.05, 0) is 55.9 Å². The molecule has 0 fully saturated rings. The number of anilines is 1. The van der Waals surface area contributed by atoms with Crippen molar-refractivity contribution in [3.63, 3.8) is 0 Å². The van der Waals surface area contributed by atoms with E-state index in [0.29, 0.717) is 16.5 Å². The Morgan fingerprint density at radius 3 is 2.96 bits per heavy atom. The van der Waals surface area contributed by atoms with E-state index in [1.54, 1.807) is 19.1 Å². The number of carbonyl (C=O) groups excluding carboxylic acids is 1. The molecule has 0 saturated carbocycles. The van der Waals surface area contributed by atoms with Crippen LogP contribution in [0, 0.1) is 23.1 Å². The SMILES string of the molecule is CC1CCc2nc(SC(C)C(=O)Nc3ccccc3F)c(C#N)cc2C1. The second-order valence-electron chi connectivity index (χ2n) is 6.64. The Bertz CT molecular complexity index is 878. The van der Waals surface area contributed by atoms with Gasteiger partial charge in [0.25, 0.3) is 0 Å². The zero-order valence-electron chi connectivity index (χ0n) is 14.8. The predicted molar refractivity (Wildman–Crippen MR) is 100 cm³/mol. The highest BCUT2D eigenvalue weighted by molar-refractivity contribution is 8.00. The summed E-state index contributed by atoms with van der Waals surface area (Å²) >= 11 is 1.23. The van der Waals surface area contributed by atoms with Crippen LogP contribution in [-0.4, -0.2) is 16.1 Å². The number of hydrogen-bond donors (Lipinski definition) is 1. The maximum Gasteiger partial charge on any atom is 0.237 e. The Morgan fingerprint density at radius 2 is 2.23 bits per heavy atom. The summed E-state index contributed by atoms with van der Waals surface area (Å²) in [6.07, 6.45) is 2.91. The number of nitriles is 1. The average molecular weight is 369 g/mol. The van der Waals surface area contributed by atoms with Crippen LogP contribution in [0.4, 0.5) is 10.1 Å². The monoisotopic (exact) mass is 369 g/mol. The van der Waals surface area contributed by atoms with Crippen LogP contribution in [0.1, 0.15) is 37.1 Å². The minimum absolute atomic E-state index is 0.151. The summed E-state index contributed by atoms with van der Waals surface area (Å²) < 4.78 is 13.7. The van der Waals surface area contributed by atoms with Gasteiger partial charge in [-0.2, -0.15) is 5.26 Å². The van der Waals surface area contributed by atoms with Gasteiger partial charge in [0, 0.05) is 5.69 Å². The van der Waals surface area contributed by atoms with Crippen LogP contribution in [0.25, 0.3) is 0 Å². The molecule has 1 heterocycles. The Balaban J connectivity index is 1.76. The van der Waals surface area contributed by atoms with Crippen molar-refractivity contribution >= 4 is 23.4 Å². The molecule has 1 N–H and O–H groups in total. The number of nitrogens with one attached hydrogen (secondary N) is 1. The van der Waals surface area contributed by atoms with Gasteiger partial charge in [0.05, 0.1) is 16.5 Å². The first-order valence-electron chi connectivity index (χ1n) is 8.63. The second kappa shape index (κ2) is 7.88. The molecule has 1 aromatic heterocycles. The number of fused-ring (bicyclic) bond motifs is 1. The Hall–Kier alpha value is -2.39. The van der Waals surface area contributed by atoms with Gasteiger partial charge in [-0.25, -0.2) is 9.37 Å². The van der Waals surface area contributed by atoms with Gasteiger partial charge in [0.15, 0.2) is 0 Å². The van der Waals surface area contributed by atoms with Crippen LogP contribution >= 0.6 is 11.8 Å². The maximum atomic E-state index is 13.7. The van der Waals surface area contributed by atoms with E-state index < -0.39 is 11.1 Å². The predicted octanol–water partition coefficient (Wildman–Crippen LogP) is 4.34. The zero-order chi connectivity index (χ0) is 18.7. The Morgan fingerprint density at radius 1 is 1.46 bits per heavy atom. The Labute approximate surface area is 156 Å². The standard InChI is InChI=1S/C20H20FN3OS/c1-12-7-8-17-14(9-12)10-15(11-22)20(24-17)26-13(2)19(25)23-18-6-4-3-5-16(18)21/h3-6,10,12-13H,7-9H2,1-2H3,(H,23,25). The van der Waals surface area contributed by atoms with Gasteiger partial charge in [0.2, 0.25) is 5.91 Å². The fraction of sp³-hybridized carbons (Fsp3) is 0.350. The lowest BCUT2D eigenvalue weighted by Crippen LogP contribution is -2.23. The number of rotatable bonds is 4. The smallest absolute Gasteiger partial charge is 0.237 e. The summed E-state index contributed by atoms with van der Waals surface area (Å²) in [6.45, 7) is 3.93. The number of nitrogens with zero attached hydrogens (tertiary/aromatic N) is 2. The summed E-state index contributed by atoms with van der Waals surface area (Å²) in [6, 6.07) is 10.1. The summed E-state index contributed by atoms with van der Waals surface area (Å²) in [5.41, 5.74) is 2.80. The first-order chi connectivity index (χ1) is 12.5. The number of carbonyl (C=O) groups is 1. The van der Waals surface area contributed by atoms with Crippen molar-refractivity contribution < 1.29 is 9.18 Å². The van der Waals surface area contributed by atoms with E-state index in [4.69, 9.17) is 0 Å². The minimum Gasteiger partial charge on any atom is -0.323 e. The number of benzene rings is 1. The minimum atomic E-state index is -0.505. The van der Waals surface area contributed by atoms with Crippen LogP contribution < -0.4 is 5.32 Å². The first kappa shape index (κ1) is 18.4. The van der Waals surface area contributed by atoms with Gasteiger partial charge >= 0.3 is 0 Å². The molecule has 0 bridgehead atoms. The van der Waals surface area contributed by atoms with E-state index >= 15 is 0 Å². The molecule has 0 radical (unpaired) electrons. The lowest BCUT2D eigenvalue weighted by Gasteiger charge is -2.22. The van der Waals surface area contributed by atoms with Gasteiger partial charge in [-0.15, -0.1) is 0 Å². The number of hydrogen-bond acceptors (Lipinski definition) is 4. The molecule has 2 aromatic rings. The van der Waals surface area contributed by atoms with Crippen LogP contribution in [0.15, 0.2) is 35.4 Å². The van der Waals surface area contributed by atoms with Crippen molar-refractivity contribution in [2.24, 2.45) is 5.92 Å². The van der Waals surface area contributed by atoms with Crippen molar-refractivity contribution in [3.05, 3.63) is 53.0 Å². The highest BCUT2D eigenvalue weighted by Crippen LogP contribution is 2.31. The lowest BCUT2D eigenvalue weighted by atomic mass is 9.87. The maximum absolute atomic E-state index is 13.7. The third-order valence-electron chi connectivity index (χ3n) is 4.51. The normalized spacial score (nSPS) is 17.1. The molecule has 2 atom stereocenters. The molecular weight excluding hydrogens is 349 g/mol. The number of pyridine rings is 1. The van der Waals surface area contributed by atoms with Crippen LogP contribution in [-0.2, 0) is 17.6 Å². The fourth-order valence-corrected chi connectivity index (χ4v) is 3.91. The highest BCUT2D eigenvalue weighted by Gasteiger charge is 2.22. The van der Waals surface area contributed by atoms with E-state index in [1.807, 2.05) is 6.07 Å². The summed E-state index contributed by atoms with van der Waals surface area (Å²) in [5.74, 6) is -0.200. The summed E-state index contributed by atoms with van der Waals surface area (Å²) in [7, 11) is 0. The molecule has 0 saturated heterocycles. The molecule has 2 unspecified atom stereocenters. The van der Waals surface area contributed by atoms with Gasteiger partial charge < -0.3 is 5.32 Å². The van der Waals surface area contributed by atoms with E-state index in [1.165, 1.54) is 23.9 Å².